The smallest absolute Gasteiger partial charge is 0.376 e. The number of rotatable bonds is 6. The zero-order valence-corrected chi connectivity index (χ0v) is 22.9. The predicted octanol–water partition coefficient (Wildman–Crippen LogP) is 4.60. The topological polar surface area (TPSA) is 59.9 Å². The Morgan fingerprint density at radius 3 is 2.39 bits per heavy atom. The number of hydrogen-bond acceptors (Lipinski definition) is 5. The Bertz CT molecular complexity index is 991. The molecule has 1 aromatic carbocycles. The lowest BCUT2D eigenvalue weighted by atomic mass is 9.80. The minimum absolute atomic E-state index is 0.00960. The molecule has 0 radical (unpaired) electrons. The van der Waals surface area contributed by atoms with Gasteiger partial charge >= 0.3 is 7.05 Å². The lowest BCUT2D eigenvalue weighted by Crippen LogP contribution is -2.60. The summed E-state index contributed by atoms with van der Waals surface area (Å²) in [5.41, 5.74) is 2.12. The van der Waals surface area contributed by atoms with Crippen molar-refractivity contribution < 1.29 is 9.82 Å². The highest BCUT2D eigenvalue weighted by Crippen LogP contribution is 2.35. The number of pyridine rings is 1. The van der Waals surface area contributed by atoms with E-state index >= 15 is 0 Å². The molecule has 2 aliphatic heterocycles. The fourth-order valence-electron chi connectivity index (χ4n) is 5.72. The van der Waals surface area contributed by atoms with Crippen LogP contribution in [0.15, 0.2) is 48.7 Å². The molecule has 6 nitrogen and oxygen atoms in total. The van der Waals surface area contributed by atoms with Crippen LogP contribution in [0.4, 0.5) is 0 Å². The average molecular weight is 511 g/mol. The maximum atomic E-state index is 13.6. The number of nitrogens with zero attached hydrogens (tertiary/aromatic N) is 4. The summed E-state index contributed by atoms with van der Waals surface area (Å²) in [5.74, 6) is 0.660. The summed E-state index contributed by atoms with van der Waals surface area (Å²) in [6.45, 7) is 12.5. The number of carbonyl (C=O) groups excluding carboxylic acids is 1. The van der Waals surface area contributed by atoms with Gasteiger partial charge in [0.2, 0.25) is 5.91 Å². The van der Waals surface area contributed by atoms with Crippen molar-refractivity contribution in [3.63, 3.8) is 0 Å². The van der Waals surface area contributed by atoms with Crippen molar-refractivity contribution in [2.75, 3.05) is 32.7 Å². The van der Waals surface area contributed by atoms with E-state index in [-0.39, 0.29) is 23.4 Å². The molecule has 2 aromatic rings. The van der Waals surface area contributed by atoms with Crippen LogP contribution in [0.3, 0.4) is 0 Å². The van der Waals surface area contributed by atoms with Crippen LogP contribution in [0.1, 0.15) is 57.3 Å². The van der Waals surface area contributed by atoms with Gasteiger partial charge in [-0.05, 0) is 73.9 Å². The summed E-state index contributed by atoms with van der Waals surface area (Å²) in [6.07, 6.45) is 4.38. The van der Waals surface area contributed by atoms with E-state index in [0.717, 1.165) is 55.3 Å². The van der Waals surface area contributed by atoms with Crippen LogP contribution < -0.4 is 0 Å². The number of benzene rings is 1. The second kappa shape index (κ2) is 11.6. The molecule has 0 bridgehead atoms. The lowest BCUT2D eigenvalue weighted by molar-refractivity contribution is -0.141. The quantitative estimate of drug-likeness (QED) is 0.576. The van der Waals surface area contributed by atoms with E-state index in [2.05, 4.69) is 53.6 Å². The molecule has 1 amide bonds. The number of piperazine rings is 1. The standard InChI is InChI=1S/C28H40BClN4O2/c1-28(2,3)25-20-32(27(24-7-5-6-14-31-24)22-8-10-23(30)11-9-22)17-18-34(25)26(35)19-21-12-15-33(16-13-21)29(4)36/h5-11,14,21,25,27,36H,12-13,15-20H2,1-4H3/t25-,27?/m1/s1. The maximum absolute atomic E-state index is 13.6. The van der Waals surface area contributed by atoms with Crippen LogP contribution in [0.25, 0.3) is 0 Å². The van der Waals surface area contributed by atoms with Gasteiger partial charge in [0.05, 0.1) is 11.7 Å². The van der Waals surface area contributed by atoms with Crippen molar-refractivity contribution >= 4 is 24.6 Å². The molecule has 36 heavy (non-hydrogen) atoms. The molecule has 0 aliphatic carbocycles. The highest BCUT2D eigenvalue weighted by atomic mass is 35.5. The molecule has 2 atom stereocenters. The highest BCUT2D eigenvalue weighted by Gasteiger charge is 2.41. The Kier molecular flexibility index (Phi) is 8.77. The first kappa shape index (κ1) is 27.1. The van der Waals surface area contributed by atoms with Crippen molar-refractivity contribution in [1.82, 2.24) is 19.6 Å². The van der Waals surface area contributed by atoms with Gasteiger partial charge in [-0.25, -0.2) is 0 Å². The van der Waals surface area contributed by atoms with Crippen LogP contribution >= 0.6 is 11.6 Å². The SMILES string of the molecule is CB(O)N1CCC(CC(=O)N2CCN(C(c3ccc(Cl)cc3)c3ccccn3)C[C@@H]2C(C)(C)C)CC1. The minimum atomic E-state index is -0.410. The van der Waals surface area contributed by atoms with E-state index in [1.165, 1.54) is 0 Å². The summed E-state index contributed by atoms with van der Waals surface area (Å²) in [5, 5.41) is 10.6. The van der Waals surface area contributed by atoms with E-state index < -0.39 is 7.05 Å². The minimum Gasteiger partial charge on any atom is -0.437 e. The molecule has 2 fully saturated rings. The molecule has 4 rings (SSSR count). The summed E-state index contributed by atoms with van der Waals surface area (Å²) in [7, 11) is -0.410. The molecule has 8 heteroatoms. The second-order valence-electron chi connectivity index (χ2n) is 11.5. The van der Waals surface area contributed by atoms with Crippen LogP contribution in [-0.4, -0.2) is 76.3 Å². The zero-order chi connectivity index (χ0) is 25.9. The van der Waals surface area contributed by atoms with Gasteiger partial charge in [0.15, 0.2) is 0 Å². The van der Waals surface area contributed by atoms with Crippen molar-refractivity contribution in [3.8, 4) is 0 Å². The molecule has 1 aromatic heterocycles. The predicted molar refractivity (Wildman–Crippen MR) is 147 cm³/mol. The molecule has 194 valence electrons. The van der Waals surface area contributed by atoms with Crippen molar-refractivity contribution in [2.24, 2.45) is 11.3 Å². The van der Waals surface area contributed by atoms with Crippen molar-refractivity contribution in [1.29, 1.82) is 0 Å². The normalized spacial score (nSPS) is 21.4. The molecule has 0 spiro atoms. The third kappa shape index (κ3) is 6.49. The first-order valence-electron chi connectivity index (χ1n) is 13.3. The number of amides is 1. The lowest BCUT2D eigenvalue weighted by Gasteiger charge is -2.49. The van der Waals surface area contributed by atoms with Crippen LogP contribution in [0.5, 0.6) is 0 Å². The van der Waals surface area contributed by atoms with Crippen molar-refractivity contribution in [2.45, 2.75) is 58.9 Å². The van der Waals surface area contributed by atoms with Gasteiger partial charge < -0.3 is 14.7 Å². The van der Waals surface area contributed by atoms with E-state index in [0.29, 0.717) is 18.9 Å². The number of hydrogen-bond donors (Lipinski definition) is 1. The molecule has 3 heterocycles. The summed E-state index contributed by atoms with van der Waals surface area (Å²) in [4.78, 5) is 25.0. The summed E-state index contributed by atoms with van der Waals surface area (Å²) >= 11 is 6.20. The van der Waals surface area contributed by atoms with E-state index in [9.17, 15) is 9.82 Å². The zero-order valence-electron chi connectivity index (χ0n) is 22.1. The molecule has 1 N–H and O–H groups in total. The maximum Gasteiger partial charge on any atom is 0.376 e. The molecule has 0 saturated carbocycles. The van der Waals surface area contributed by atoms with Gasteiger partial charge in [-0.2, -0.15) is 0 Å². The highest BCUT2D eigenvalue weighted by molar-refractivity contribution is 6.45. The number of carbonyl (C=O) groups is 1. The molecule has 2 saturated heterocycles. The van der Waals surface area contributed by atoms with Crippen molar-refractivity contribution in [3.05, 3.63) is 64.9 Å². The fourth-order valence-corrected chi connectivity index (χ4v) is 5.85. The Morgan fingerprint density at radius 2 is 1.81 bits per heavy atom. The van der Waals surface area contributed by atoms with Gasteiger partial charge in [-0.3, -0.25) is 14.7 Å². The van der Waals surface area contributed by atoms with Crippen LogP contribution in [0, 0.1) is 11.3 Å². The third-order valence-electron chi connectivity index (χ3n) is 7.89. The fraction of sp³-hybridized carbons (Fsp3) is 0.571. The summed E-state index contributed by atoms with van der Waals surface area (Å²) in [6, 6.07) is 14.2. The van der Waals surface area contributed by atoms with Crippen LogP contribution in [-0.2, 0) is 4.79 Å². The molecular formula is C28H40BClN4O2. The Morgan fingerprint density at radius 1 is 1.11 bits per heavy atom. The van der Waals surface area contributed by atoms with Crippen LogP contribution in [0.2, 0.25) is 11.8 Å². The van der Waals surface area contributed by atoms with Gasteiger partial charge in [0.25, 0.3) is 0 Å². The molecule has 1 unspecified atom stereocenters. The van der Waals surface area contributed by atoms with Gasteiger partial charge in [-0.1, -0.05) is 50.6 Å². The Hall–Kier alpha value is -1.93. The Labute approximate surface area is 221 Å². The average Bonchev–Trinajstić information content (AvgIpc) is 2.86. The van der Waals surface area contributed by atoms with Gasteiger partial charge in [-0.15, -0.1) is 0 Å². The van der Waals surface area contributed by atoms with E-state index in [1.54, 1.807) is 0 Å². The number of aromatic nitrogens is 1. The van der Waals surface area contributed by atoms with Gasteiger partial charge in [0, 0.05) is 43.3 Å². The first-order valence-corrected chi connectivity index (χ1v) is 13.6. The molecular weight excluding hydrogens is 471 g/mol. The third-order valence-corrected chi connectivity index (χ3v) is 8.14. The number of piperidine rings is 1. The van der Waals surface area contributed by atoms with E-state index in [4.69, 9.17) is 16.6 Å². The monoisotopic (exact) mass is 510 g/mol. The van der Waals surface area contributed by atoms with Gasteiger partial charge in [0.1, 0.15) is 0 Å². The first-order chi connectivity index (χ1) is 17.1. The number of halogens is 1. The largest absolute Gasteiger partial charge is 0.437 e. The van der Waals surface area contributed by atoms with E-state index in [1.807, 2.05) is 37.3 Å². The summed E-state index contributed by atoms with van der Waals surface area (Å²) < 4.78 is 0. The second-order valence-corrected chi connectivity index (χ2v) is 11.9. The molecule has 2 aliphatic rings. The Balaban J connectivity index is 1.51.